The van der Waals surface area contributed by atoms with Gasteiger partial charge in [0.25, 0.3) is 0 Å². The van der Waals surface area contributed by atoms with E-state index in [1.807, 2.05) is 6.08 Å². The Morgan fingerprint density at radius 2 is 1.87 bits per heavy atom. The van der Waals surface area contributed by atoms with Gasteiger partial charge in [-0.05, 0) is 27.6 Å². The van der Waals surface area contributed by atoms with Gasteiger partial charge in [-0.1, -0.05) is 19.4 Å². The van der Waals surface area contributed by atoms with Crippen LogP contribution in [0.3, 0.4) is 0 Å². The second kappa shape index (κ2) is 7.85. The zero-order valence-corrected chi connectivity index (χ0v) is 10.7. The third-order valence-electron chi connectivity index (χ3n) is 2.71. The van der Waals surface area contributed by atoms with Crippen LogP contribution in [0, 0.1) is 0 Å². The van der Waals surface area contributed by atoms with Crippen LogP contribution in [0.2, 0.25) is 0 Å². The molecule has 0 spiro atoms. The normalized spacial score (nSPS) is 15.7. The summed E-state index contributed by atoms with van der Waals surface area (Å²) in [7, 11) is 6.29. The maximum Gasteiger partial charge on any atom is 0.0424 e. The first kappa shape index (κ1) is 14.6. The van der Waals surface area contributed by atoms with Crippen LogP contribution in [0.15, 0.2) is 12.7 Å². The SMILES string of the molecule is C=CC(C(N)CCC)N(C)CCN(C)C. The number of nitrogens with two attached hydrogens (primary N) is 1. The topological polar surface area (TPSA) is 32.5 Å². The molecule has 0 saturated carbocycles. The molecule has 90 valence electrons. The molecule has 0 bridgehead atoms. The van der Waals surface area contributed by atoms with Crippen molar-refractivity contribution in [3.63, 3.8) is 0 Å². The minimum atomic E-state index is 0.208. The zero-order valence-electron chi connectivity index (χ0n) is 10.7. The van der Waals surface area contributed by atoms with E-state index >= 15 is 0 Å². The van der Waals surface area contributed by atoms with Crippen LogP contribution in [0.4, 0.5) is 0 Å². The predicted octanol–water partition coefficient (Wildman–Crippen LogP) is 1.16. The van der Waals surface area contributed by atoms with Crippen molar-refractivity contribution >= 4 is 0 Å². The largest absolute Gasteiger partial charge is 0.326 e. The van der Waals surface area contributed by atoms with Gasteiger partial charge in [0.15, 0.2) is 0 Å². The Balaban J connectivity index is 4.08. The molecule has 0 saturated heterocycles. The molecule has 3 nitrogen and oxygen atoms in total. The molecule has 0 aliphatic heterocycles. The fourth-order valence-electron chi connectivity index (χ4n) is 1.69. The summed E-state index contributed by atoms with van der Waals surface area (Å²) in [6.07, 6.45) is 4.16. The highest BCUT2D eigenvalue weighted by Crippen LogP contribution is 2.07. The molecule has 0 aliphatic rings. The average Bonchev–Trinajstić information content (AvgIpc) is 2.16. The minimum absolute atomic E-state index is 0.208. The molecule has 3 heteroatoms. The molecule has 0 heterocycles. The Labute approximate surface area is 94.9 Å². The van der Waals surface area contributed by atoms with Crippen molar-refractivity contribution in [2.75, 3.05) is 34.2 Å². The number of nitrogens with zero attached hydrogens (tertiary/aromatic N) is 2. The molecular formula is C12H27N3. The summed E-state index contributed by atoms with van der Waals surface area (Å²) in [5.41, 5.74) is 6.12. The van der Waals surface area contributed by atoms with Gasteiger partial charge in [-0.2, -0.15) is 0 Å². The van der Waals surface area contributed by atoms with Crippen molar-refractivity contribution in [2.24, 2.45) is 5.73 Å². The first-order chi connectivity index (χ1) is 7.02. The van der Waals surface area contributed by atoms with Crippen LogP contribution in [0.25, 0.3) is 0 Å². The van der Waals surface area contributed by atoms with Gasteiger partial charge >= 0.3 is 0 Å². The van der Waals surface area contributed by atoms with E-state index in [1.165, 1.54) is 0 Å². The van der Waals surface area contributed by atoms with Crippen LogP contribution in [-0.2, 0) is 0 Å². The fraction of sp³-hybridized carbons (Fsp3) is 0.833. The Kier molecular flexibility index (Phi) is 7.65. The first-order valence-electron chi connectivity index (χ1n) is 5.76. The van der Waals surface area contributed by atoms with E-state index in [0.29, 0.717) is 6.04 Å². The smallest absolute Gasteiger partial charge is 0.0424 e. The molecule has 0 amide bonds. The van der Waals surface area contributed by atoms with Crippen LogP contribution in [-0.4, -0.2) is 56.1 Å². The van der Waals surface area contributed by atoms with Gasteiger partial charge in [-0.3, -0.25) is 4.90 Å². The van der Waals surface area contributed by atoms with Gasteiger partial charge < -0.3 is 10.6 Å². The number of hydrogen-bond acceptors (Lipinski definition) is 3. The molecule has 0 fully saturated rings. The predicted molar refractivity (Wildman–Crippen MR) is 68.1 cm³/mol. The van der Waals surface area contributed by atoms with E-state index in [0.717, 1.165) is 25.9 Å². The number of likely N-dealkylation sites (N-methyl/N-ethyl adjacent to an activating group) is 2. The lowest BCUT2D eigenvalue weighted by molar-refractivity contribution is 0.220. The Morgan fingerprint density at radius 1 is 1.27 bits per heavy atom. The quantitative estimate of drug-likeness (QED) is 0.614. The minimum Gasteiger partial charge on any atom is -0.326 e. The van der Waals surface area contributed by atoms with Gasteiger partial charge in [-0.25, -0.2) is 0 Å². The Morgan fingerprint density at radius 3 is 2.27 bits per heavy atom. The molecule has 2 atom stereocenters. The van der Waals surface area contributed by atoms with Crippen LogP contribution >= 0.6 is 0 Å². The summed E-state index contributed by atoms with van der Waals surface area (Å²) in [5, 5.41) is 0. The van der Waals surface area contributed by atoms with E-state index in [1.54, 1.807) is 0 Å². The van der Waals surface area contributed by atoms with E-state index in [9.17, 15) is 0 Å². The first-order valence-corrected chi connectivity index (χ1v) is 5.76. The summed E-state index contributed by atoms with van der Waals surface area (Å²) < 4.78 is 0. The Bertz CT molecular complexity index is 168. The molecule has 0 aliphatic carbocycles. The molecule has 0 aromatic rings. The van der Waals surface area contributed by atoms with Crippen molar-refractivity contribution in [2.45, 2.75) is 31.8 Å². The van der Waals surface area contributed by atoms with Crippen molar-refractivity contribution in [1.82, 2.24) is 9.80 Å². The maximum absolute atomic E-state index is 6.12. The number of rotatable bonds is 8. The molecule has 2 N–H and O–H groups in total. The van der Waals surface area contributed by atoms with Gasteiger partial charge in [0.1, 0.15) is 0 Å². The third kappa shape index (κ3) is 5.92. The van der Waals surface area contributed by atoms with Gasteiger partial charge in [-0.15, -0.1) is 6.58 Å². The van der Waals surface area contributed by atoms with Gasteiger partial charge in [0.05, 0.1) is 0 Å². The average molecular weight is 213 g/mol. The monoisotopic (exact) mass is 213 g/mol. The lowest BCUT2D eigenvalue weighted by Crippen LogP contribution is -2.46. The standard InChI is InChI=1S/C12H27N3/c1-6-8-11(13)12(7-2)15(5)10-9-14(3)4/h7,11-12H,2,6,8-10,13H2,1,3-5H3. The van der Waals surface area contributed by atoms with E-state index in [4.69, 9.17) is 5.73 Å². The Hall–Kier alpha value is -0.380. The third-order valence-corrected chi connectivity index (χ3v) is 2.71. The van der Waals surface area contributed by atoms with Crippen molar-refractivity contribution in [3.8, 4) is 0 Å². The highest BCUT2D eigenvalue weighted by molar-refractivity contribution is 4.94. The zero-order chi connectivity index (χ0) is 11.8. The van der Waals surface area contributed by atoms with Crippen LogP contribution in [0.1, 0.15) is 19.8 Å². The van der Waals surface area contributed by atoms with Crippen LogP contribution < -0.4 is 5.73 Å². The van der Waals surface area contributed by atoms with E-state index in [-0.39, 0.29) is 6.04 Å². The van der Waals surface area contributed by atoms with Gasteiger partial charge in [0, 0.05) is 25.2 Å². The molecule has 0 radical (unpaired) electrons. The lowest BCUT2D eigenvalue weighted by atomic mass is 10.0. The molecule has 0 aromatic heterocycles. The lowest BCUT2D eigenvalue weighted by Gasteiger charge is -2.31. The molecule has 0 rings (SSSR count). The summed E-state index contributed by atoms with van der Waals surface area (Å²) in [6, 6.07) is 0.504. The summed E-state index contributed by atoms with van der Waals surface area (Å²) in [6.45, 7) is 8.13. The summed E-state index contributed by atoms with van der Waals surface area (Å²) in [4.78, 5) is 4.47. The number of hydrogen-bond donors (Lipinski definition) is 1. The molecule has 2 unspecified atom stereocenters. The molecule has 0 aromatic carbocycles. The van der Waals surface area contributed by atoms with Crippen molar-refractivity contribution < 1.29 is 0 Å². The molecular weight excluding hydrogens is 186 g/mol. The summed E-state index contributed by atoms with van der Waals surface area (Å²) in [5.74, 6) is 0. The molecule has 15 heavy (non-hydrogen) atoms. The highest BCUT2D eigenvalue weighted by Gasteiger charge is 2.17. The second-order valence-corrected chi connectivity index (χ2v) is 4.46. The summed E-state index contributed by atoms with van der Waals surface area (Å²) >= 11 is 0. The fourth-order valence-corrected chi connectivity index (χ4v) is 1.69. The second-order valence-electron chi connectivity index (χ2n) is 4.46. The highest BCUT2D eigenvalue weighted by atomic mass is 15.2. The van der Waals surface area contributed by atoms with E-state index in [2.05, 4.69) is 44.4 Å². The van der Waals surface area contributed by atoms with Crippen LogP contribution in [0.5, 0.6) is 0 Å². The van der Waals surface area contributed by atoms with Crippen molar-refractivity contribution in [3.05, 3.63) is 12.7 Å². The maximum atomic E-state index is 6.12. The van der Waals surface area contributed by atoms with E-state index < -0.39 is 0 Å². The van der Waals surface area contributed by atoms with Gasteiger partial charge in [0.2, 0.25) is 0 Å². The van der Waals surface area contributed by atoms with Crippen molar-refractivity contribution in [1.29, 1.82) is 0 Å².